The topological polar surface area (TPSA) is 52.0 Å². The number of hydrogen-bond donors (Lipinski definition) is 2. The Kier molecular flexibility index (Phi) is 18.1. The molecule has 0 saturated carbocycles. The van der Waals surface area contributed by atoms with Gasteiger partial charge in [0.25, 0.3) is 0 Å². The number of nitrogen functional groups attached to an aromatic ring is 2. The normalized spacial score (nSPS) is 11.3. The standard InChI is InChI=1S/C48H68N2/c1-3-5-15-21-45-37-43(31-33-47(45)49)35-41-27-23-39(24-28-41)19-17-13-11-9-7-8-10-12-14-18-20-40-25-29-42(30-26-40)36-44-32-34-48(50)46(38-44)22-16-6-4-2/h23-34,37-38H,3-22,35-36,49-50H2,1-2H3. The van der Waals surface area contributed by atoms with Gasteiger partial charge < -0.3 is 11.5 Å². The molecular weight excluding hydrogens is 605 g/mol. The van der Waals surface area contributed by atoms with Crippen LogP contribution in [0.2, 0.25) is 0 Å². The van der Waals surface area contributed by atoms with Gasteiger partial charge in [-0.3, -0.25) is 0 Å². The minimum absolute atomic E-state index is 0.946. The second kappa shape index (κ2) is 23.0. The molecule has 0 aliphatic carbocycles. The first-order chi connectivity index (χ1) is 24.5. The highest BCUT2D eigenvalue weighted by Crippen LogP contribution is 2.22. The molecular formula is C48H68N2. The average Bonchev–Trinajstić information content (AvgIpc) is 3.13. The number of unbranched alkanes of at least 4 members (excludes halogenated alkanes) is 13. The Morgan fingerprint density at radius 3 is 0.980 bits per heavy atom. The number of anilines is 2. The van der Waals surface area contributed by atoms with Crippen LogP contribution in [0.25, 0.3) is 0 Å². The van der Waals surface area contributed by atoms with Gasteiger partial charge >= 0.3 is 0 Å². The Morgan fingerprint density at radius 1 is 0.320 bits per heavy atom. The monoisotopic (exact) mass is 673 g/mol. The summed E-state index contributed by atoms with van der Waals surface area (Å²) in [4.78, 5) is 0. The maximum atomic E-state index is 6.25. The molecule has 2 nitrogen and oxygen atoms in total. The van der Waals surface area contributed by atoms with E-state index in [1.54, 1.807) is 0 Å². The lowest BCUT2D eigenvalue weighted by Crippen LogP contribution is -1.98. The summed E-state index contributed by atoms with van der Waals surface area (Å²) in [7, 11) is 0. The van der Waals surface area contributed by atoms with E-state index in [4.69, 9.17) is 11.5 Å². The molecule has 270 valence electrons. The first-order valence-electron chi connectivity index (χ1n) is 20.4. The average molecular weight is 673 g/mol. The zero-order chi connectivity index (χ0) is 35.2. The van der Waals surface area contributed by atoms with Crippen LogP contribution in [-0.4, -0.2) is 0 Å². The third-order valence-corrected chi connectivity index (χ3v) is 10.6. The molecule has 0 spiro atoms. The van der Waals surface area contributed by atoms with Gasteiger partial charge in [0, 0.05) is 11.4 Å². The van der Waals surface area contributed by atoms with E-state index in [0.717, 1.165) is 37.1 Å². The summed E-state index contributed by atoms with van der Waals surface area (Å²) in [5.41, 5.74) is 25.5. The van der Waals surface area contributed by atoms with Crippen molar-refractivity contribution in [1.29, 1.82) is 0 Å². The quantitative estimate of drug-likeness (QED) is 0.0544. The first kappa shape index (κ1) is 39.3. The van der Waals surface area contributed by atoms with Crippen molar-refractivity contribution in [1.82, 2.24) is 0 Å². The fourth-order valence-corrected chi connectivity index (χ4v) is 7.29. The minimum atomic E-state index is 0.946. The highest BCUT2D eigenvalue weighted by molar-refractivity contribution is 5.50. The molecule has 0 heterocycles. The van der Waals surface area contributed by atoms with Crippen LogP contribution < -0.4 is 11.5 Å². The molecule has 0 aliphatic rings. The number of nitrogens with two attached hydrogens (primary N) is 2. The lowest BCUT2D eigenvalue weighted by Gasteiger charge is -2.10. The molecule has 4 rings (SSSR count). The molecule has 4 aromatic carbocycles. The van der Waals surface area contributed by atoms with Gasteiger partial charge in [0.1, 0.15) is 0 Å². The predicted octanol–water partition coefficient (Wildman–Crippen LogP) is 13.2. The van der Waals surface area contributed by atoms with Gasteiger partial charge in [-0.25, -0.2) is 0 Å². The van der Waals surface area contributed by atoms with E-state index in [-0.39, 0.29) is 0 Å². The molecule has 0 radical (unpaired) electrons. The predicted molar refractivity (Wildman–Crippen MR) is 220 cm³/mol. The maximum absolute atomic E-state index is 6.25. The van der Waals surface area contributed by atoms with Crippen LogP contribution in [0.1, 0.15) is 161 Å². The Labute approximate surface area is 306 Å². The van der Waals surface area contributed by atoms with Crippen molar-refractivity contribution in [2.24, 2.45) is 0 Å². The second-order valence-corrected chi connectivity index (χ2v) is 15.0. The molecule has 2 heteroatoms. The van der Waals surface area contributed by atoms with E-state index in [2.05, 4.69) is 98.8 Å². The van der Waals surface area contributed by atoms with Crippen molar-refractivity contribution in [2.45, 2.75) is 155 Å². The van der Waals surface area contributed by atoms with Crippen LogP contribution in [-0.2, 0) is 38.5 Å². The number of hydrogen-bond acceptors (Lipinski definition) is 2. The van der Waals surface area contributed by atoms with Crippen LogP contribution in [0.5, 0.6) is 0 Å². The van der Waals surface area contributed by atoms with Gasteiger partial charge in [-0.2, -0.15) is 0 Å². The number of rotatable bonds is 25. The number of aryl methyl sites for hydroxylation is 4. The minimum Gasteiger partial charge on any atom is -0.399 e. The Bertz CT molecular complexity index is 1370. The molecule has 0 unspecified atom stereocenters. The van der Waals surface area contributed by atoms with Crippen LogP contribution in [0.3, 0.4) is 0 Å². The van der Waals surface area contributed by atoms with E-state index in [1.165, 1.54) is 160 Å². The van der Waals surface area contributed by atoms with E-state index >= 15 is 0 Å². The van der Waals surface area contributed by atoms with E-state index < -0.39 is 0 Å². The summed E-state index contributed by atoms with van der Waals surface area (Å²) >= 11 is 0. The van der Waals surface area contributed by atoms with Crippen LogP contribution >= 0.6 is 0 Å². The third-order valence-electron chi connectivity index (χ3n) is 10.6. The lowest BCUT2D eigenvalue weighted by molar-refractivity contribution is 0.551. The van der Waals surface area contributed by atoms with Crippen molar-refractivity contribution < 1.29 is 0 Å². The number of benzene rings is 4. The van der Waals surface area contributed by atoms with Crippen molar-refractivity contribution in [3.05, 3.63) is 129 Å². The zero-order valence-corrected chi connectivity index (χ0v) is 31.8. The Balaban J connectivity index is 0.994. The summed E-state index contributed by atoms with van der Waals surface area (Å²) in [5, 5.41) is 0. The van der Waals surface area contributed by atoms with E-state index in [0.29, 0.717) is 0 Å². The van der Waals surface area contributed by atoms with E-state index in [1.807, 2.05) is 0 Å². The molecule has 0 atom stereocenters. The smallest absolute Gasteiger partial charge is 0.0346 e. The SMILES string of the molecule is CCCCCc1cc(Cc2ccc(CCCCCCCCCCCCc3ccc(Cc4ccc(N)c(CCCCC)c4)cc3)cc2)ccc1N. The lowest BCUT2D eigenvalue weighted by atomic mass is 9.97. The van der Waals surface area contributed by atoms with Gasteiger partial charge in [0.2, 0.25) is 0 Å². The summed E-state index contributed by atoms with van der Waals surface area (Å²) in [6.45, 7) is 4.51. The largest absolute Gasteiger partial charge is 0.399 e. The van der Waals surface area contributed by atoms with Gasteiger partial charge in [-0.05, 0) is 121 Å². The maximum Gasteiger partial charge on any atom is 0.0346 e. The molecule has 4 N–H and O–H groups in total. The Hall–Kier alpha value is -3.52. The van der Waals surface area contributed by atoms with Crippen LogP contribution in [0.4, 0.5) is 11.4 Å². The molecule has 0 aliphatic heterocycles. The molecule has 0 saturated heterocycles. The van der Waals surface area contributed by atoms with Crippen molar-refractivity contribution in [3.8, 4) is 0 Å². The van der Waals surface area contributed by atoms with Crippen molar-refractivity contribution in [3.63, 3.8) is 0 Å². The molecule has 4 aromatic rings. The van der Waals surface area contributed by atoms with Crippen LogP contribution in [0, 0.1) is 0 Å². The fraction of sp³-hybridized carbons (Fsp3) is 0.500. The van der Waals surface area contributed by atoms with Gasteiger partial charge in [0.05, 0.1) is 0 Å². The summed E-state index contributed by atoms with van der Waals surface area (Å²) in [6, 6.07) is 31.9. The molecule has 0 aromatic heterocycles. The van der Waals surface area contributed by atoms with Gasteiger partial charge in [-0.15, -0.1) is 0 Å². The fourth-order valence-electron chi connectivity index (χ4n) is 7.29. The zero-order valence-electron chi connectivity index (χ0n) is 31.8. The highest BCUT2D eigenvalue weighted by atomic mass is 14.6. The second-order valence-electron chi connectivity index (χ2n) is 15.0. The van der Waals surface area contributed by atoms with Crippen LogP contribution in [0.15, 0.2) is 84.9 Å². The van der Waals surface area contributed by atoms with E-state index in [9.17, 15) is 0 Å². The summed E-state index contributed by atoms with van der Waals surface area (Å²) in [6.07, 6.45) is 27.7. The summed E-state index contributed by atoms with van der Waals surface area (Å²) < 4.78 is 0. The molecule has 0 amide bonds. The third kappa shape index (κ3) is 14.8. The highest BCUT2D eigenvalue weighted by Gasteiger charge is 2.06. The summed E-state index contributed by atoms with van der Waals surface area (Å²) in [5.74, 6) is 0. The molecule has 0 bridgehead atoms. The van der Waals surface area contributed by atoms with Crippen molar-refractivity contribution in [2.75, 3.05) is 11.5 Å². The van der Waals surface area contributed by atoms with Crippen molar-refractivity contribution >= 4 is 11.4 Å². The first-order valence-corrected chi connectivity index (χ1v) is 20.4. The molecule has 50 heavy (non-hydrogen) atoms. The van der Waals surface area contributed by atoms with Gasteiger partial charge in [-0.1, -0.05) is 164 Å². The van der Waals surface area contributed by atoms with Gasteiger partial charge in [0.15, 0.2) is 0 Å². The Morgan fingerprint density at radius 2 is 0.620 bits per heavy atom. The molecule has 0 fully saturated rings.